The highest BCUT2D eigenvalue weighted by Gasteiger charge is 2.27. The molecule has 1 fully saturated rings. The molecule has 7 N–H and O–H groups in total. The standard InChI is InChI=1S/C23H25ClFN7O/c1-3-17(33)32-8-6-31(7-9-32)16(11-26)13-10-14(24)19(21(25)22(13)27)18-12(2)4-5-15-20(18)23(28)30-29-15/h3-5,10-11H,1,6-9,26-27H2,2H3,(H3,28,29,30)/b16-11+. The number of nitrogens with two attached hydrogens (primary N) is 3. The van der Waals surface area contributed by atoms with Crippen LogP contribution in [0.25, 0.3) is 27.7 Å². The van der Waals surface area contributed by atoms with Gasteiger partial charge in [0.05, 0.1) is 27.3 Å². The van der Waals surface area contributed by atoms with Gasteiger partial charge in [-0.1, -0.05) is 24.2 Å². The number of nitrogen functional groups attached to an aromatic ring is 2. The maximum absolute atomic E-state index is 15.8. The Hall–Kier alpha value is -3.72. The van der Waals surface area contributed by atoms with Crippen molar-refractivity contribution in [1.29, 1.82) is 0 Å². The number of piperazine rings is 1. The van der Waals surface area contributed by atoms with E-state index in [-0.39, 0.29) is 28.0 Å². The van der Waals surface area contributed by atoms with Gasteiger partial charge in [-0.15, -0.1) is 0 Å². The first-order chi connectivity index (χ1) is 15.8. The molecular formula is C23H25ClFN7O. The number of fused-ring (bicyclic) bond motifs is 1. The van der Waals surface area contributed by atoms with Crippen LogP contribution in [0.1, 0.15) is 11.1 Å². The Morgan fingerprint density at radius 1 is 1.21 bits per heavy atom. The number of aromatic nitrogens is 2. The molecule has 2 heterocycles. The fraction of sp³-hybridized carbons (Fsp3) is 0.217. The van der Waals surface area contributed by atoms with Gasteiger partial charge in [-0.25, -0.2) is 4.39 Å². The summed E-state index contributed by atoms with van der Waals surface area (Å²) < 4.78 is 15.8. The minimum Gasteiger partial charge on any atom is -0.403 e. The van der Waals surface area contributed by atoms with Gasteiger partial charge in [0.15, 0.2) is 11.6 Å². The lowest BCUT2D eigenvalue weighted by Gasteiger charge is -2.37. The number of rotatable bonds is 4. The Balaban J connectivity index is 1.77. The van der Waals surface area contributed by atoms with Gasteiger partial charge in [0.2, 0.25) is 5.91 Å². The third kappa shape index (κ3) is 3.74. The van der Waals surface area contributed by atoms with Crippen molar-refractivity contribution in [1.82, 2.24) is 20.0 Å². The predicted molar refractivity (Wildman–Crippen MR) is 131 cm³/mol. The monoisotopic (exact) mass is 469 g/mol. The average Bonchev–Trinajstić information content (AvgIpc) is 3.19. The van der Waals surface area contributed by atoms with Crippen LogP contribution in [0.3, 0.4) is 0 Å². The van der Waals surface area contributed by atoms with Crippen molar-refractivity contribution in [3.05, 3.63) is 59.0 Å². The molecule has 1 saturated heterocycles. The zero-order valence-corrected chi connectivity index (χ0v) is 18.9. The molecule has 1 aliphatic rings. The molecule has 0 radical (unpaired) electrons. The topological polar surface area (TPSA) is 130 Å². The SMILES string of the molecule is C=CC(=O)N1CCN(/C(=C/N)c2cc(Cl)c(-c3c(C)ccc4[nH]nc(N)c34)c(F)c2N)CC1. The van der Waals surface area contributed by atoms with E-state index >= 15 is 4.39 Å². The lowest BCUT2D eigenvalue weighted by Crippen LogP contribution is -2.47. The first-order valence-corrected chi connectivity index (χ1v) is 10.8. The van der Waals surface area contributed by atoms with Crippen molar-refractivity contribution in [3.8, 4) is 11.1 Å². The molecule has 10 heteroatoms. The molecule has 2 aromatic carbocycles. The number of carbonyl (C=O) groups is 1. The Kier molecular flexibility index (Phi) is 5.90. The van der Waals surface area contributed by atoms with Crippen LogP contribution in [-0.4, -0.2) is 52.1 Å². The van der Waals surface area contributed by atoms with E-state index in [1.807, 2.05) is 24.0 Å². The number of anilines is 2. The lowest BCUT2D eigenvalue weighted by atomic mass is 9.93. The van der Waals surface area contributed by atoms with Gasteiger partial charge in [0, 0.05) is 49.1 Å². The molecule has 33 heavy (non-hydrogen) atoms. The summed E-state index contributed by atoms with van der Waals surface area (Å²) in [6.45, 7) is 7.35. The van der Waals surface area contributed by atoms with E-state index in [1.165, 1.54) is 12.3 Å². The van der Waals surface area contributed by atoms with Crippen LogP contribution in [0, 0.1) is 12.7 Å². The quantitative estimate of drug-likeness (QED) is 0.343. The maximum Gasteiger partial charge on any atom is 0.246 e. The number of nitrogens with zero attached hydrogens (tertiary/aromatic N) is 3. The van der Waals surface area contributed by atoms with E-state index in [0.717, 1.165) is 5.56 Å². The maximum atomic E-state index is 15.8. The number of amides is 1. The van der Waals surface area contributed by atoms with Crippen molar-refractivity contribution in [2.75, 3.05) is 37.6 Å². The summed E-state index contributed by atoms with van der Waals surface area (Å²) in [6.07, 6.45) is 2.67. The van der Waals surface area contributed by atoms with E-state index in [0.29, 0.717) is 53.9 Å². The summed E-state index contributed by atoms with van der Waals surface area (Å²) in [4.78, 5) is 15.5. The lowest BCUT2D eigenvalue weighted by molar-refractivity contribution is -0.127. The zero-order valence-electron chi connectivity index (χ0n) is 18.2. The number of benzene rings is 2. The van der Waals surface area contributed by atoms with E-state index in [1.54, 1.807) is 11.0 Å². The van der Waals surface area contributed by atoms with Crippen LogP contribution in [0.5, 0.6) is 0 Å². The number of H-pyrrole nitrogens is 1. The fourth-order valence-electron chi connectivity index (χ4n) is 4.30. The molecule has 3 aromatic rings. The summed E-state index contributed by atoms with van der Waals surface area (Å²) in [5.74, 6) is -0.543. The van der Waals surface area contributed by atoms with Crippen LogP contribution in [0.4, 0.5) is 15.9 Å². The van der Waals surface area contributed by atoms with Crippen molar-refractivity contribution in [2.45, 2.75) is 6.92 Å². The second-order valence-electron chi connectivity index (χ2n) is 7.87. The van der Waals surface area contributed by atoms with Gasteiger partial charge in [0.1, 0.15) is 0 Å². The largest absolute Gasteiger partial charge is 0.403 e. The Morgan fingerprint density at radius 3 is 2.52 bits per heavy atom. The highest BCUT2D eigenvalue weighted by molar-refractivity contribution is 6.34. The van der Waals surface area contributed by atoms with Crippen LogP contribution in [-0.2, 0) is 4.79 Å². The molecule has 0 aliphatic carbocycles. The van der Waals surface area contributed by atoms with Crippen LogP contribution in [0.2, 0.25) is 5.02 Å². The Labute approximate surface area is 195 Å². The van der Waals surface area contributed by atoms with Gasteiger partial charge in [0.25, 0.3) is 0 Å². The number of halogens is 2. The summed E-state index contributed by atoms with van der Waals surface area (Å²) in [6, 6.07) is 5.28. The molecular weight excluding hydrogens is 445 g/mol. The number of carbonyl (C=O) groups excluding carboxylic acids is 1. The third-order valence-electron chi connectivity index (χ3n) is 6.01. The molecule has 1 aliphatic heterocycles. The van der Waals surface area contributed by atoms with E-state index in [9.17, 15) is 4.79 Å². The molecule has 8 nitrogen and oxygen atoms in total. The summed E-state index contributed by atoms with van der Waals surface area (Å²) in [5.41, 5.74) is 21.3. The Morgan fingerprint density at radius 2 is 1.88 bits per heavy atom. The second-order valence-corrected chi connectivity index (χ2v) is 8.27. The molecule has 0 saturated carbocycles. The van der Waals surface area contributed by atoms with Gasteiger partial charge < -0.3 is 27.0 Å². The number of hydrogen-bond acceptors (Lipinski definition) is 6. The minimum absolute atomic E-state index is 0.0748. The smallest absolute Gasteiger partial charge is 0.246 e. The van der Waals surface area contributed by atoms with Crippen molar-refractivity contribution < 1.29 is 9.18 Å². The summed E-state index contributed by atoms with van der Waals surface area (Å²) in [7, 11) is 0. The molecule has 0 atom stereocenters. The summed E-state index contributed by atoms with van der Waals surface area (Å²) >= 11 is 6.64. The van der Waals surface area contributed by atoms with Crippen LogP contribution in [0.15, 0.2) is 37.1 Å². The molecule has 0 bridgehead atoms. The molecule has 1 aromatic heterocycles. The van der Waals surface area contributed by atoms with Gasteiger partial charge in [-0.3, -0.25) is 9.89 Å². The second kappa shape index (κ2) is 8.67. The van der Waals surface area contributed by atoms with Gasteiger partial charge in [-0.2, -0.15) is 5.10 Å². The predicted octanol–water partition coefficient (Wildman–Crippen LogP) is 3.08. The van der Waals surface area contributed by atoms with Crippen LogP contribution >= 0.6 is 11.6 Å². The van der Waals surface area contributed by atoms with E-state index < -0.39 is 5.82 Å². The van der Waals surface area contributed by atoms with Crippen LogP contribution < -0.4 is 17.2 Å². The van der Waals surface area contributed by atoms with Gasteiger partial charge >= 0.3 is 0 Å². The number of aromatic amines is 1. The first-order valence-electron chi connectivity index (χ1n) is 10.4. The Bertz CT molecular complexity index is 1290. The molecule has 0 spiro atoms. The molecule has 4 rings (SSSR count). The molecule has 1 amide bonds. The normalized spacial score (nSPS) is 14.7. The number of hydrogen-bond donors (Lipinski definition) is 4. The third-order valence-corrected chi connectivity index (χ3v) is 6.31. The van der Waals surface area contributed by atoms with Crippen molar-refractivity contribution in [2.24, 2.45) is 5.73 Å². The number of aryl methyl sites for hydroxylation is 1. The first kappa shape index (κ1) is 22.5. The molecule has 172 valence electrons. The summed E-state index contributed by atoms with van der Waals surface area (Å²) in [5, 5.41) is 7.63. The van der Waals surface area contributed by atoms with E-state index in [2.05, 4.69) is 16.8 Å². The highest BCUT2D eigenvalue weighted by Crippen LogP contribution is 2.43. The highest BCUT2D eigenvalue weighted by atomic mass is 35.5. The number of nitrogens with one attached hydrogen (secondary N) is 1. The van der Waals surface area contributed by atoms with E-state index in [4.69, 9.17) is 28.8 Å². The van der Waals surface area contributed by atoms with Gasteiger partial charge in [-0.05, 0) is 30.7 Å². The zero-order chi connectivity index (χ0) is 23.9. The fourth-order valence-corrected chi connectivity index (χ4v) is 4.59. The molecule has 0 unspecified atom stereocenters. The van der Waals surface area contributed by atoms with Crippen molar-refractivity contribution >= 4 is 45.6 Å². The average molecular weight is 470 g/mol. The van der Waals surface area contributed by atoms with Crippen molar-refractivity contribution in [3.63, 3.8) is 0 Å². The minimum atomic E-state index is -0.659.